The van der Waals surface area contributed by atoms with Gasteiger partial charge >= 0.3 is 5.97 Å². The smallest absolute Gasteiger partial charge is 0.354 e. The molecule has 0 saturated carbocycles. The van der Waals surface area contributed by atoms with E-state index in [1.165, 1.54) is 19.2 Å². The molecule has 0 saturated heterocycles. The minimum atomic E-state index is -1.14. The number of aryl methyl sites for hydroxylation is 1. The highest BCUT2D eigenvalue weighted by Crippen LogP contribution is 2.21. The highest BCUT2D eigenvalue weighted by atomic mass is 16.4. The Morgan fingerprint density at radius 1 is 1.32 bits per heavy atom. The molecule has 3 rings (SSSR count). The number of aromatic carboxylic acids is 1. The number of Topliss-reactive ketones (excluding diaryl/α,β-unsaturated/α-hetero) is 1. The van der Waals surface area contributed by atoms with Crippen LogP contribution in [0.5, 0.6) is 0 Å². The number of ketones is 1. The summed E-state index contributed by atoms with van der Waals surface area (Å²) in [5.74, 6) is -1.37. The van der Waals surface area contributed by atoms with Crippen molar-refractivity contribution in [3.05, 3.63) is 35.8 Å². The molecule has 0 radical (unpaired) electrons. The molecule has 22 heavy (non-hydrogen) atoms. The first-order valence-corrected chi connectivity index (χ1v) is 6.68. The monoisotopic (exact) mass is 299 g/mol. The van der Waals surface area contributed by atoms with Crippen LogP contribution in [0, 0.1) is 0 Å². The molecule has 0 atom stereocenters. The van der Waals surface area contributed by atoms with Gasteiger partial charge in [-0.15, -0.1) is 0 Å². The Hall–Kier alpha value is -3.03. The van der Waals surface area contributed by atoms with Crippen molar-refractivity contribution in [2.45, 2.75) is 20.4 Å². The lowest BCUT2D eigenvalue weighted by Crippen LogP contribution is -2.10. The molecule has 3 aromatic rings. The third-order valence-electron chi connectivity index (χ3n) is 3.35. The van der Waals surface area contributed by atoms with E-state index in [0.717, 1.165) is 4.52 Å². The van der Waals surface area contributed by atoms with Crippen LogP contribution in [0.15, 0.2) is 24.5 Å². The number of carboxylic acid groups (broad SMARTS) is 1. The van der Waals surface area contributed by atoms with E-state index in [0.29, 0.717) is 17.9 Å². The van der Waals surface area contributed by atoms with Crippen LogP contribution in [0.25, 0.3) is 17.0 Å². The lowest BCUT2D eigenvalue weighted by atomic mass is 10.2. The van der Waals surface area contributed by atoms with Crippen molar-refractivity contribution in [1.29, 1.82) is 0 Å². The minimum absolute atomic E-state index is 0.0589. The topological polar surface area (TPSA) is 102 Å². The number of aromatic nitrogens is 5. The summed E-state index contributed by atoms with van der Waals surface area (Å²) >= 11 is 0. The second-order valence-corrected chi connectivity index (χ2v) is 4.71. The van der Waals surface area contributed by atoms with E-state index < -0.39 is 5.97 Å². The molecule has 3 heterocycles. The third kappa shape index (κ3) is 2.05. The zero-order valence-corrected chi connectivity index (χ0v) is 12.0. The molecular weight excluding hydrogens is 286 g/mol. The summed E-state index contributed by atoms with van der Waals surface area (Å²) in [6.07, 6.45) is 2.95. The molecule has 8 nitrogen and oxygen atoms in total. The maximum Gasteiger partial charge on any atom is 0.354 e. The first-order chi connectivity index (χ1) is 10.5. The van der Waals surface area contributed by atoms with Gasteiger partial charge < -0.3 is 5.11 Å². The Labute approximate surface area is 125 Å². The number of rotatable bonds is 4. The van der Waals surface area contributed by atoms with E-state index in [1.54, 1.807) is 16.9 Å². The van der Waals surface area contributed by atoms with E-state index >= 15 is 0 Å². The molecule has 8 heteroatoms. The van der Waals surface area contributed by atoms with Crippen molar-refractivity contribution in [2.24, 2.45) is 0 Å². The predicted octanol–water partition coefficient (Wildman–Crippen LogP) is 1.51. The van der Waals surface area contributed by atoms with E-state index in [4.69, 9.17) is 0 Å². The van der Waals surface area contributed by atoms with Gasteiger partial charge in [0.1, 0.15) is 0 Å². The minimum Gasteiger partial charge on any atom is -0.477 e. The Balaban J connectivity index is 2.34. The van der Waals surface area contributed by atoms with E-state index in [2.05, 4.69) is 15.2 Å². The number of carbonyl (C=O) groups excluding carboxylic acids is 1. The van der Waals surface area contributed by atoms with Crippen LogP contribution in [-0.2, 0) is 6.54 Å². The van der Waals surface area contributed by atoms with Gasteiger partial charge in [0, 0.05) is 12.7 Å². The lowest BCUT2D eigenvalue weighted by Gasteiger charge is -2.07. The van der Waals surface area contributed by atoms with Gasteiger partial charge in [0.05, 0.1) is 23.1 Å². The van der Waals surface area contributed by atoms with Crippen LogP contribution in [0.2, 0.25) is 0 Å². The summed E-state index contributed by atoms with van der Waals surface area (Å²) in [6.45, 7) is 3.94. The van der Waals surface area contributed by atoms with E-state index in [9.17, 15) is 14.7 Å². The van der Waals surface area contributed by atoms with Crippen LogP contribution < -0.4 is 0 Å². The summed E-state index contributed by atoms with van der Waals surface area (Å²) in [6, 6.07) is 3.17. The fourth-order valence-corrected chi connectivity index (χ4v) is 2.30. The zero-order valence-electron chi connectivity index (χ0n) is 12.0. The summed E-state index contributed by atoms with van der Waals surface area (Å²) in [5.41, 5.74) is 1.57. The highest BCUT2D eigenvalue weighted by molar-refractivity contribution is 6.00. The third-order valence-corrected chi connectivity index (χ3v) is 3.35. The number of carbonyl (C=O) groups is 2. The molecule has 0 fully saturated rings. The molecule has 0 spiro atoms. The Kier molecular flexibility index (Phi) is 3.21. The van der Waals surface area contributed by atoms with E-state index in [1.807, 2.05) is 6.92 Å². The Morgan fingerprint density at radius 3 is 2.73 bits per heavy atom. The van der Waals surface area contributed by atoms with Gasteiger partial charge in [-0.25, -0.2) is 14.3 Å². The summed E-state index contributed by atoms with van der Waals surface area (Å²) in [5, 5.41) is 17.5. The second kappa shape index (κ2) is 5.06. The summed E-state index contributed by atoms with van der Waals surface area (Å²) in [7, 11) is 0. The molecule has 0 bridgehead atoms. The van der Waals surface area contributed by atoms with Crippen molar-refractivity contribution < 1.29 is 14.7 Å². The first-order valence-electron chi connectivity index (χ1n) is 6.68. The lowest BCUT2D eigenvalue weighted by molar-refractivity contribution is 0.0687. The number of hydrogen-bond donors (Lipinski definition) is 1. The van der Waals surface area contributed by atoms with Gasteiger partial charge in [-0.05, 0) is 26.0 Å². The molecular formula is C14H13N5O3. The predicted molar refractivity (Wildman–Crippen MR) is 76.8 cm³/mol. The van der Waals surface area contributed by atoms with Crippen molar-refractivity contribution in [3.63, 3.8) is 0 Å². The number of nitrogens with zero attached hydrogens (tertiary/aromatic N) is 5. The molecule has 0 unspecified atom stereocenters. The number of carboxylic acids is 1. The van der Waals surface area contributed by atoms with Gasteiger partial charge in [0.2, 0.25) is 0 Å². The molecule has 112 valence electrons. The standard InChI is InChI=1S/C14H13N5O3/c1-3-18-11(4-5-15-18)10-6-12(14(21)22)19-13(17-10)9(7-16-19)8(2)20/h4-7H,3H2,1-2H3,(H,21,22). The number of hydrogen-bond acceptors (Lipinski definition) is 5. The van der Waals surface area contributed by atoms with Crippen LogP contribution in [0.4, 0.5) is 0 Å². The summed E-state index contributed by atoms with van der Waals surface area (Å²) < 4.78 is 2.86. The van der Waals surface area contributed by atoms with Crippen molar-refractivity contribution in [3.8, 4) is 11.4 Å². The fraction of sp³-hybridized carbons (Fsp3) is 0.214. The molecule has 3 aromatic heterocycles. The van der Waals surface area contributed by atoms with E-state index in [-0.39, 0.29) is 22.7 Å². The second-order valence-electron chi connectivity index (χ2n) is 4.71. The van der Waals surface area contributed by atoms with Crippen LogP contribution >= 0.6 is 0 Å². The normalized spacial score (nSPS) is 11.0. The molecule has 0 amide bonds. The molecule has 0 aromatic carbocycles. The largest absolute Gasteiger partial charge is 0.477 e. The van der Waals surface area contributed by atoms with Gasteiger partial charge in [0.25, 0.3) is 0 Å². The molecule has 0 aliphatic carbocycles. The maximum atomic E-state index is 11.7. The van der Waals surface area contributed by atoms with Gasteiger partial charge in [-0.2, -0.15) is 10.2 Å². The van der Waals surface area contributed by atoms with Gasteiger partial charge in [-0.3, -0.25) is 9.48 Å². The number of fused-ring (bicyclic) bond motifs is 1. The first kappa shape index (κ1) is 13.9. The van der Waals surface area contributed by atoms with Gasteiger partial charge in [0.15, 0.2) is 17.1 Å². The average molecular weight is 299 g/mol. The van der Waals surface area contributed by atoms with Crippen molar-refractivity contribution in [2.75, 3.05) is 0 Å². The Morgan fingerprint density at radius 2 is 2.09 bits per heavy atom. The molecule has 1 N–H and O–H groups in total. The van der Waals surface area contributed by atoms with Crippen LogP contribution in [0.3, 0.4) is 0 Å². The van der Waals surface area contributed by atoms with Crippen molar-refractivity contribution in [1.82, 2.24) is 24.4 Å². The fourth-order valence-electron chi connectivity index (χ4n) is 2.30. The Bertz CT molecular complexity index is 893. The molecule has 0 aliphatic heterocycles. The SMILES string of the molecule is CCn1nccc1-c1cc(C(=O)O)n2ncc(C(C)=O)c2n1. The zero-order chi connectivity index (χ0) is 15.9. The average Bonchev–Trinajstić information content (AvgIpc) is 3.11. The maximum absolute atomic E-state index is 11.7. The van der Waals surface area contributed by atoms with Crippen LogP contribution in [0.1, 0.15) is 34.7 Å². The highest BCUT2D eigenvalue weighted by Gasteiger charge is 2.19. The van der Waals surface area contributed by atoms with Crippen LogP contribution in [-0.4, -0.2) is 41.2 Å². The van der Waals surface area contributed by atoms with Crippen molar-refractivity contribution >= 4 is 17.4 Å². The quantitative estimate of drug-likeness (QED) is 0.733. The molecule has 0 aliphatic rings. The van der Waals surface area contributed by atoms with Gasteiger partial charge in [-0.1, -0.05) is 0 Å². The summed E-state index contributed by atoms with van der Waals surface area (Å²) in [4.78, 5) is 27.5.